The van der Waals surface area contributed by atoms with Crippen molar-refractivity contribution in [1.29, 1.82) is 0 Å². The van der Waals surface area contributed by atoms with Crippen molar-refractivity contribution in [3.8, 4) is 0 Å². The Kier molecular flexibility index (Phi) is 3.92. The van der Waals surface area contributed by atoms with Gasteiger partial charge in [-0.1, -0.05) is 12.1 Å². The van der Waals surface area contributed by atoms with E-state index in [1.807, 2.05) is 26.0 Å². The molecule has 0 fully saturated rings. The zero-order valence-corrected chi connectivity index (χ0v) is 8.60. The molecule has 0 aliphatic carbocycles. The van der Waals surface area contributed by atoms with Crippen LogP contribution in [-0.2, 0) is 4.74 Å². The average Bonchev–Trinajstić information content (AvgIpc) is 2.15. The fraction of sp³-hybridized carbons (Fsp3) is 0.455. The number of hydrogen-bond acceptors (Lipinski definition) is 3. The SMILES string of the molecule is CC(C)OCC(O)c1ccc(N)cc1. The van der Waals surface area contributed by atoms with Gasteiger partial charge in [-0.3, -0.25) is 0 Å². The van der Waals surface area contributed by atoms with Crippen molar-refractivity contribution in [1.82, 2.24) is 0 Å². The van der Waals surface area contributed by atoms with Crippen molar-refractivity contribution < 1.29 is 9.84 Å². The molecular formula is C11H17NO2. The number of aliphatic hydroxyl groups excluding tert-OH is 1. The van der Waals surface area contributed by atoms with Crippen LogP contribution in [0.25, 0.3) is 0 Å². The Bertz CT molecular complexity index is 269. The van der Waals surface area contributed by atoms with Crippen LogP contribution in [0.3, 0.4) is 0 Å². The second-order valence-corrected chi connectivity index (χ2v) is 3.56. The Labute approximate surface area is 84.5 Å². The Balaban J connectivity index is 2.52. The second kappa shape index (κ2) is 4.98. The summed E-state index contributed by atoms with van der Waals surface area (Å²) in [6.45, 7) is 4.20. The van der Waals surface area contributed by atoms with Gasteiger partial charge < -0.3 is 15.6 Å². The largest absolute Gasteiger partial charge is 0.399 e. The van der Waals surface area contributed by atoms with Gasteiger partial charge >= 0.3 is 0 Å². The number of benzene rings is 1. The summed E-state index contributed by atoms with van der Waals surface area (Å²) < 4.78 is 5.31. The van der Waals surface area contributed by atoms with E-state index in [1.54, 1.807) is 12.1 Å². The molecule has 3 nitrogen and oxygen atoms in total. The number of rotatable bonds is 4. The molecule has 0 aliphatic rings. The molecule has 3 heteroatoms. The van der Waals surface area contributed by atoms with Crippen molar-refractivity contribution >= 4 is 5.69 Å². The molecule has 1 aromatic carbocycles. The van der Waals surface area contributed by atoms with Gasteiger partial charge in [-0.15, -0.1) is 0 Å². The minimum atomic E-state index is -0.571. The van der Waals surface area contributed by atoms with Crippen molar-refractivity contribution in [2.75, 3.05) is 12.3 Å². The fourth-order valence-electron chi connectivity index (χ4n) is 1.10. The van der Waals surface area contributed by atoms with Gasteiger partial charge in [0.05, 0.1) is 12.7 Å². The zero-order chi connectivity index (χ0) is 10.6. The lowest BCUT2D eigenvalue weighted by Gasteiger charge is -2.13. The molecule has 0 saturated heterocycles. The van der Waals surface area contributed by atoms with Crippen LogP contribution >= 0.6 is 0 Å². The number of hydrogen-bond donors (Lipinski definition) is 2. The number of nitrogen functional groups attached to an aromatic ring is 1. The zero-order valence-electron chi connectivity index (χ0n) is 8.60. The van der Waals surface area contributed by atoms with E-state index in [-0.39, 0.29) is 6.10 Å². The maximum Gasteiger partial charge on any atom is 0.102 e. The lowest BCUT2D eigenvalue weighted by molar-refractivity contribution is 0.00494. The molecule has 78 valence electrons. The first-order valence-electron chi connectivity index (χ1n) is 4.74. The van der Waals surface area contributed by atoms with Crippen molar-refractivity contribution in [2.24, 2.45) is 0 Å². The Morgan fingerprint density at radius 3 is 2.36 bits per heavy atom. The lowest BCUT2D eigenvalue weighted by Crippen LogP contribution is -2.11. The van der Waals surface area contributed by atoms with E-state index in [1.165, 1.54) is 0 Å². The standard InChI is InChI=1S/C11H17NO2/c1-8(2)14-7-11(13)9-3-5-10(12)6-4-9/h3-6,8,11,13H,7,12H2,1-2H3. The quantitative estimate of drug-likeness (QED) is 0.719. The van der Waals surface area contributed by atoms with Crippen LogP contribution in [0, 0.1) is 0 Å². The van der Waals surface area contributed by atoms with Crippen LogP contribution in [-0.4, -0.2) is 17.8 Å². The molecule has 14 heavy (non-hydrogen) atoms. The molecule has 1 atom stereocenters. The Morgan fingerprint density at radius 1 is 1.29 bits per heavy atom. The minimum Gasteiger partial charge on any atom is -0.399 e. The number of nitrogens with two attached hydrogens (primary N) is 1. The molecule has 3 N–H and O–H groups in total. The first kappa shape index (κ1) is 11.0. The Hall–Kier alpha value is -1.06. The third-order valence-electron chi connectivity index (χ3n) is 1.91. The summed E-state index contributed by atoms with van der Waals surface area (Å²) in [7, 11) is 0. The fourth-order valence-corrected chi connectivity index (χ4v) is 1.10. The molecule has 0 bridgehead atoms. The van der Waals surface area contributed by atoms with Gasteiger partial charge in [0.25, 0.3) is 0 Å². The van der Waals surface area contributed by atoms with E-state index in [0.29, 0.717) is 12.3 Å². The van der Waals surface area contributed by atoms with Crippen molar-refractivity contribution in [2.45, 2.75) is 26.1 Å². The van der Waals surface area contributed by atoms with Crippen LogP contribution in [0.15, 0.2) is 24.3 Å². The van der Waals surface area contributed by atoms with E-state index in [9.17, 15) is 5.11 Å². The van der Waals surface area contributed by atoms with E-state index in [4.69, 9.17) is 10.5 Å². The third-order valence-corrected chi connectivity index (χ3v) is 1.91. The molecule has 0 aliphatic heterocycles. The van der Waals surface area contributed by atoms with Gasteiger partial charge in [-0.05, 0) is 31.5 Å². The average molecular weight is 195 g/mol. The van der Waals surface area contributed by atoms with E-state index >= 15 is 0 Å². The van der Waals surface area contributed by atoms with E-state index < -0.39 is 6.10 Å². The van der Waals surface area contributed by atoms with Crippen LogP contribution in [0.1, 0.15) is 25.5 Å². The topological polar surface area (TPSA) is 55.5 Å². The normalized spacial score (nSPS) is 13.1. The van der Waals surface area contributed by atoms with Gasteiger partial charge in [-0.2, -0.15) is 0 Å². The van der Waals surface area contributed by atoms with Crippen LogP contribution in [0.4, 0.5) is 5.69 Å². The maximum atomic E-state index is 9.69. The molecule has 1 unspecified atom stereocenters. The van der Waals surface area contributed by atoms with Crippen molar-refractivity contribution in [3.05, 3.63) is 29.8 Å². The summed E-state index contributed by atoms with van der Waals surface area (Å²) in [4.78, 5) is 0. The first-order chi connectivity index (χ1) is 6.59. The highest BCUT2D eigenvalue weighted by Crippen LogP contribution is 2.15. The van der Waals surface area contributed by atoms with Crippen molar-refractivity contribution in [3.63, 3.8) is 0 Å². The van der Waals surface area contributed by atoms with Gasteiger partial charge in [-0.25, -0.2) is 0 Å². The summed E-state index contributed by atoms with van der Waals surface area (Å²) in [6.07, 6.45) is -0.434. The first-order valence-corrected chi connectivity index (χ1v) is 4.74. The maximum absolute atomic E-state index is 9.69. The van der Waals surface area contributed by atoms with Gasteiger partial charge in [0.1, 0.15) is 6.10 Å². The monoisotopic (exact) mass is 195 g/mol. The predicted octanol–water partition coefficient (Wildman–Crippen LogP) is 1.73. The third kappa shape index (κ3) is 3.36. The molecule has 0 heterocycles. The van der Waals surface area contributed by atoms with E-state index in [2.05, 4.69) is 0 Å². The highest BCUT2D eigenvalue weighted by molar-refractivity contribution is 5.39. The molecule has 1 rings (SSSR count). The van der Waals surface area contributed by atoms with Crippen LogP contribution in [0.2, 0.25) is 0 Å². The molecular weight excluding hydrogens is 178 g/mol. The van der Waals surface area contributed by atoms with Gasteiger partial charge in [0.2, 0.25) is 0 Å². The summed E-state index contributed by atoms with van der Waals surface area (Å²) in [5, 5.41) is 9.69. The number of anilines is 1. The molecule has 0 saturated carbocycles. The molecule has 0 spiro atoms. The molecule has 1 aromatic rings. The summed E-state index contributed by atoms with van der Waals surface area (Å²) in [5.74, 6) is 0. The van der Waals surface area contributed by atoms with E-state index in [0.717, 1.165) is 5.56 Å². The molecule has 0 radical (unpaired) electrons. The lowest BCUT2D eigenvalue weighted by atomic mass is 10.1. The summed E-state index contributed by atoms with van der Waals surface area (Å²) in [6, 6.07) is 7.16. The highest BCUT2D eigenvalue weighted by atomic mass is 16.5. The molecule has 0 amide bonds. The van der Waals surface area contributed by atoms with Gasteiger partial charge in [0, 0.05) is 5.69 Å². The summed E-state index contributed by atoms with van der Waals surface area (Å²) in [5.41, 5.74) is 7.07. The van der Waals surface area contributed by atoms with Gasteiger partial charge in [0.15, 0.2) is 0 Å². The summed E-state index contributed by atoms with van der Waals surface area (Å²) >= 11 is 0. The van der Waals surface area contributed by atoms with Crippen LogP contribution < -0.4 is 5.73 Å². The smallest absolute Gasteiger partial charge is 0.102 e. The second-order valence-electron chi connectivity index (χ2n) is 3.56. The number of ether oxygens (including phenoxy) is 1. The highest BCUT2D eigenvalue weighted by Gasteiger charge is 2.07. The Morgan fingerprint density at radius 2 is 1.86 bits per heavy atom. The number of aliphatic hydroxyl groups is 1. The molecule has 0 aromatic heterocycles. The predicted molar refractivity (Wildman–Crippen MR) is 56.9 cm³/mol. The minimum absolute atomic E-state index is 0.137. The van der Waals surface area contributed by atoms with Crippen LogP contribution in [0.5, 0.6) is 0 Å².